The zero-order valence-electron chi connectivity index (χ0n) is 17.0. The number of allylic oxidation sites excluding steroid dienone is 2. The molecule has 0 unspecified atom stereocenters. The fourth-order valence-corrected chi connectivity index (χ4v) is 2.75. The Kier molecular flexibility index (Phi) is 7.93. The molecule has 2 aromatic rings. The van der Waals surface area contributed by atoms with Gasteiger partial charge >= 0.3 is 0 Å². The van der Waals surface area contributed by atoms with E-state index in [2.05, 4.69) is 11.1 Å². The van der Waals surface area contributed by atoms with E-state index in [-0.39, 0.29) is 22.7 Å². The first-order valence-electron chi connectivity index (χ1n) is 9.15. The minimum absolute atomic E-state index is 0.0292. The lowest BCUT2D eigenvalue weighted by Gasteiger charge is -2.19. The molecule has 2 aromatic carbocycles. The number of hydrogen-bond acceptors (Lipinski definition) is 5. The highest BCUT2D eigenvalue weighted by molar-refractivity contribution is 6.32. The third-order valence-electron chi connectivity index (χ3n) is 4.24. The maximum Gasteiger partial charge on any atom is 0.274 e. The molecule has 2 rings (SSSR count). The lowest BCUT2D eigenvalue weighted by atomic mass is 10.1. The third kappa shape index (κ3) is 5.57. The van der Waals surface area contributed by atoms with Gasteiger partial charge in [-0.1, -0.05) is 42.1 Å². The number of nitroso groups, excluding NO2 is 1. The van der Waals surface area contributed by atoms with Crippen LogP contribution in [0.15, 0.2) is 70.6 Å². The molecule has 30 heavy (non-hydrogen) atoms. The molecular weight excluding hydrogens is 402 g/mol. The summed E-state index contributed by atoms with van der Waals surface area (Å²) in [5.41, 5.74) is 1.96. The topological polar surface area (TPSA) is 85.0 Å². The van der Waals surface area contributed by atoms with Crippen LogP contribution in [-0.4, -0.2) is 5.91 Å². The Bertz CT molecular complexity index is 1050. The fraction of sp³-hybridized carbons (Fsp3) is 0.174. The minimum atomic E-state index is -0.635. The van der Waals surface area contributed by atoms with Gasteiger partial charge in [0.15, 0.2) is 0 Å². The maximum atomic E-state index is 12.9. The van der Waals surface area contributed by atoms with E-state index in [4.69, 9.17) is 28.6 Å². The average molecular weight is 424 g/mol. The van der Waals surface area contributed by atoms with E-state index >= 15 is 0 Å². The number of nitrogens with two attached hydrogens (primary N) is 1. The molecule has 7 heteroatoms. The number of nitrogens with zero attached hydrogens (tertiary/aromatic N) is 2. The van der Waals surface area contributed by atoms with Crippen molar-refractivity contribution in [1.82, 2.24) is 0 Å². The number of anilines is 1. The zero-order valence-corrected chi connectivity index (χ0v) is 17.7. The summed E-state index contributed by atoms with van der Waals surface area (Å²) in [5, 5.41) is 4.10. The number of benzene rings is 2. The van der Waals surface area contributed by atoms with Gasteiger partial charge in [0, 0.05) is 0 Å². The highest BCUT2D eigenvalue weighted by atomic mass is 35.5. The van der Waals surface area contributed by atoms with Gasteiger partial charge in [-0.3, -0.25) is 4.79 Å². The van der Waals surface area contributed by atoms with Gasteiger partial charge in [0.1, 0.15) is 11.5 Å². The molecule has 0 heterocycles. The molecule has 0 atom stereocenters. The molecule has 0 radical (unpaired) electrons. The van der Waals surface area contributed by atoms with Crippen molar-refractivity contribution in [3.05, 3.63) is 80.9 Å². The Labute approximate surface area is 180 Å². The SMILES string of the molecule is C#C/C(C)=C\C(C(=O)N(N)c1ccc(Oc2ccc(C)cc2)c(Cl)c1)=C(/CC)N=O. The molecule has 0 aliphatic carbocycles. The monoisotopic (exact) mass is 423 g/mol. The highest BCUT2D eigenvalue weighted by Crippen LogP contribution is 2.33. The average Bonchev–Trinajstić information content (AvgIpc) is 2.75. The molecule has 0 bridgehead atoms. The van der Waals surface area contributed by atoms with Crippen molar-refractivity contribution in [1.29, 1.82) is 0 Å². The summed E-state index contributed by atoms with van der Waals surface area (Å²) in [4.78, 5) is 24.1. The van der Waals surface area contributed by atoms with Crippen LogP contribution >= 0.6 is 11.6 Å². The molecule has 154 valence electrons. The highest BCUT2D eigenvalue weighted by Gasteiger charge is 2.21. The number of amides is 1. The summed E-state index contributed by atoms with van der Waals surface area (Å²) in [5.74, 6) is 8.83. The van der Waals surface area contributed by atoms with Crippen molar-refractivity contribution in [3.63, 3.8) is 0 Å². The Morgan fingerprint density at radius 2 is 1.97 bits per heavy atom. The van der Waals surface area contributed by atoms with Crippen LogP contribution in [0.3, 0.4) is 0 Å². The second-order valence-electron chi connectivity index (χ2n) is 6.48. The number of carbonyl (C=O) groups excluding carboxylic acids is 1. The molecule has 6 nitrogen and oxygen atoms in total. The van der Waals surface area contributed by atoms with Gasteiger partial charge in [-0.2, -0.15) is 0 Å². The number of hydrazine groups is 1. The number of aryl methyl sites for hydroxylation is 1. The van der Waals surface area contributed by atoms with E-state index < -0.39 is 5.91 Å². The lowest BCUT2D eigenvalue weighted by molar-refractivity contribution is -0.115. The van der Waals surface area contributed by atoms with E-state index in [0.717, 1.165) is 10.6 Å². The fourth-order valence-electron chi connectivity index (χ4n) is 2.53. The molecule has 0 aromatic heterocycles. The summed E-state index contributed by atoms with van der Waals surface area (Å²) in [7, 11) is 0. The summed E-state index contributed by atoms with van der Waals surface area (Å²) < 4.78 is 5.77. The van der Waals surface area contributed by atoms with Gasteiger partial charge in [0.2, 0.25) is 0 Å². The van der Waals surface area contributed by atoms with Crippen LogP contribution in [0.4, 0.5) is 5.69 Å². The van der Waals surface area contributed by atoms with Crippen molar-refractivity contribution in [3.8, 4) is 23.8 Å². The van der Waals surface area contributed by atoms with Crippen LogP contribution in [0.25, 0.3) is 0 Å². The van der Waals surface area contributed by atoms with E-state index in [0.29, 0.717) is 22.8 Å². The van der Waals surface area contributed by atoms with Crippen LogP contribution in [0, 0.1) is 24.2 Å². The molecule has 2 N–H and O–H groups in total. The minimum Gasteiger partial charge on any atom is -0.456 e. The third-order valence-corrected chi connectivity index (χ3v) is 4.53. The van der Waals surface area contributed by atoms with Gasteiger partial charge in [-0.25, -0.2) is 10.9 Å². The van der Waals surface area contributed by atoms with Crippen LogP contribution in [-0.2, 0) is 4.79 Å². The number of rotatable bonds is 7. The van der Waals surface area contributed by atoms with Crippen LogP contribution in [0.5, 0.6) is 11.5 Å². The second-order valence-corrected chi connectivity index (χ2v) is 6.89. The molecule has 0 fully saturated rings. The van der Waals surface area contributed by atoms with Gasteiger partial charge in [0.25, 0.3) is 5.91 Å². The van der Waals surface area contributed by atoms with Crippen molar-refractivity contribution in [2.45, 2.75) is 27.2 Å². The number of carbonyl (C=O) groups is 1. The lowest BCUT2D eigenvalue weighted by Crippen LogP contribution is -2.38. The number of ether oxygens (including phenoxy) is 1. The predicted octanol–water partition coefficient (Wildman–Crippen LogP) is 5.66. The normalized spacial score (nSPS) is 11.9. The van der Waals surface area contributed by atoms with Gasteiger partial charge < -0.3 is 4.74 Å². The largest absolute Gasteiger partial charge is 0.456 e. The first-order chi connectivity index (χ1) is 14.3. The molecule has 0 saturated carbocycles. The van der Waals surface area contributed by atoms with E-state index in [1.165, 1.54) is 12.1 Å². The smallest absolute Gasteiger partial charge is 0.274 e. The Hall–Kier alpha value is -3.40. The molecular formula is C23H22ClN3O3. The summed E-state index contributed by atoms with van der Waals surface area (Å²) >= 11 is 6.33. The molecule has 0 saturated heterocycles. The first kappa shape index (κ1) is 22.9. The van der Waals surface area contributed by atoms with Crippen LogP contribution in [0.2, 0.25) is 5.02 Å². The number of halogens is 1. The molecule has 0 aliphatic heterocycles. The molecule has 0 spiro atoms. The van der Waals surface area contributed by atoms with Crippen LogP contribution in [0.1, 0.15) is 25.8 Å². The van der Waals surface area contributed by atoms with Gasteiger partial charge in [0.05, 0.1) is 22.0 Å². The van der Waals surface area contributed by atoms with Crippen molar-refractivity contribution in [2.24, 2.45) is 11.0 Å². The van der Waals surface area contributed by atoms with E-state index in [1.807, 2.05) is 31.2 Å². The number of terminal acetylenes is 1. The van der Waals surface area contributed by atoms with Gasteiger partial charge in [-0.05, 0) is 67.4 Å². The van der Waals surface area contributed by atoms with Crippen molar-refractivity contribution < 1.29 is 9.53 Å². The predicted molar refractivity (Wildman–Crippen MR) is 120 cm³/mol. The van der Waals surface area contributed by atoms with E-state index in [9.17, 15) is 9.70 Å². The summed E-state index contributed by atoms with van der Waals surface area (Å²) in [6.07, 6.45) is 7.02. The quantitative estimate of drug-likeness (QED) is 0.118. The molecule has 1 amide bonds. The van der Waals surface area contributed by atoms with Gasteiger partial charge in [-0.15, -0.1) is 11.3 Å². The summed E-state index contributed by atoms with van der Waals surface area (Å²) in [6, 6.07) is 12.2. The Morgan fingerprint density at radius 1 is 1.30 bits per heavy atom. The number of hydrogen-bond donors (Lipinski definition) is 1. The maximum absolute atomic E-state index is 12.9. The first-order valence-corrected chi connectivity index (χ1v) is 9.53. The van der Waals surface area contributed by atoms with Crippen LogP contribution < -0.4 is 15.6 Å². The molecule has 0 aliphatic rings. The Balaban J connectivity index is 2.34. The van der Waals surface area contributed by atoms with Crippen molar-refractivity contribution >= 4 is 23.2 Å². The zero-order chi connectivity index (χ0) is 22.3. The Morgan fingerprint density at radius 3 is 2.50 bits per heavy atom. The summed E-state index contributed by atoms with van der Waals surface area (Å²) in [6.45, 7) is 5.32. The van der Waals surface area contributed by atoms with E-state index in [1.54, 1.807) is 26.0 Å². The second kappa shape index (κ2) is 10.4. The van der Waals surface area contributed by atoms with Crippen molar-refractivity contribution in [2.75, 3.05) is 5.01 Å². The standard InChI is InChI=1S/C23H22ClN3O3/c1-5-15(3)13-19(21(6-2)26-29)23(28)27(25)17-9-12-22(20(24)14-17)30-18-10-7-16(4)8-11-18/h1,7-14H,6,25H2,2-4H3/b15-13-,21-19-.